The normalized spacial score (nSPS) is 12.3. The van der Waals surface area contributed by atoms with Gasteiger partial charge in [0.1, 0.15) is 22.7 Å². The van der Waals surface area contributed by atoms with E-state index in [9.17, 15) is 9.18 Å². The number of hydrogen-bond donors (Lipinski definition) is 1. The maximum atomic E-state index is 14.6. The fraction of sp³-hybridized carbons (Fsp3) is 0.148. The lowest BCUT2D eigenvalue weighted by Crippen LogP contribution is -2.21. The molecule has 0 saturated heterocycles. The summed E-state index contributed by atoms with van der Waals surface area (Å²) in [6, 6.07) is 12.4. The summed E-state index contributed by atoms with van der Waals surface area (Å²) in [5.41, 5.74) is 10.4. The standard InChI is InChI=1S/C27H22FN7O2S/c1-14-12-38-20-10-18(21(27(36)34(14)20)16-7-5-4-6-8-16)15(2)35-25-22(24(29)31-13-32-25)23(33-35)17-9-19(28)26(37-3)30-11-17/h4-13,15H,1-3H3,(H2,29,31,32)/t15-/m0/s1. The van der Waals surface area contributed by atoms with Gasteiger partial charge in [0.05, 0.1) is 24.1 Å². The van der Waals surface area contributed by atoms with Crippen molar-refractivity contribution >= 4 is 33.0 Å². The lowest BCUT2D eigenvalue weighted by Gasteiger charge is -2.18. The average Bonchev–Trinajstić information content (AvgIpc) is 3.50. The molecule has 0 unspecified atom stereocenters. The van der Waals surface area contributed by atoms with E-state index in [2.05, 4.69) is 15.0 Å². The van der Waals surface area contributed by atoms with Gasteiger partial charge in [0.2, 0.25) is 5.88 Å². The highest BCUT2D eigenvalue weighted by Gasteiger charge is 2.26. The second kappa shape index (κ2) is 9.03. The number of hydrogen-bond acceptors (Lipinski definition) is 8. The van der Waals surface area contributed by atoms with Crippen molar-refractivity contribution in [3.05, 3.63) is 87.8 Å². The number of fused-ring (bicyclic) bond motifs is 2. The molecule has 0 aliphatic heterocycles. The second-order valence-electron chi connectivity index (χ2n) is 8.84. The topological polar surface area (TPSA) is 113 Å². The molecular formula is C27H22FN7O2S. The van der Waals surface area contributed by atoms with Crippen molar-refractivity contribution in [2.45, 2.75) is 19.9 Å². The van der Waals surface area contributed by atoms with Gasteiger partial charge in [-0.2, -0.15) is 5.10 Å². The average molecular weight is 528 g/mol. The SMILES string of the molecule is COc1ncc(-c2nn([C@@H](C)c3cc4scc(C)n4c(=O)c3-c3ccccc3)c3ncnc(N)c23)cc1F. The van der Waals surface area contributed by atoms with E-state index in [-0.39, 0.29) is 17.3 Å². The van der Waals surface area contributed by atoms with Gasteiger partial charge < -0.3 is 10.5 Å². The third-order valence-corrected chi connectivity index (χ3v) is 7.58. The van der Waals surface area contributed by atoms with Crippen LogP contribution in [0.1, 0.15) is 24.2 Å². The Kier molecular flexibility index (Phi) is 5.64. The highest BCUT2D eigenvalue weighted by atomic mass is 32.1. The first kappa shape index (κ1) is 23.7. The number of methoxy groups -OCH3 is 1. The van der Waals surface area contributed by atoms with Crippen LogP contribution in [0.4, 0.5) is 10.2 Å². The van der Waals surface area contributed by atoms with Crippen LogP contribution in [0.25, 0.3) is 38.2 Å². The fourth-order valence-electron chi connectivity index (χ4n) is 4.75. The molecule has 6 aromatic rings. The van der Waals surface area contributed by atoms with Crippen molar-refractivity contribution in [2.75, 3.05) is 12.8 Å². The van der Waals surface area contributed by atoms with Gasteiger partial charge in [-0.25, -0.2) is 24.0 Å². The Bertz CT molecular complexity index is 1900. The minimum Gasteiger partial charge on any atom is -0.479 e. The highest BCUT2D eigenvalue weighted by molar-refractivity contribution is 7.15. The molecule has 0 radical (unpaired) electrons. The smallest absolute Gasteiger partial charge is 0.264 e. The van der Waals surface area contributed by atoms with Crippen LogP contribution in [0, 0.1) is 12.7 Å². The molecule has 2 N–H and O–H groups in total. The van der Waals surface area contributed by atoms with Gasteiger partial charge in [-0.3, -0.25) is 9.20 Å². The molecule has 11 heteroatoms. The molecule has 0 spiro atoms. The number of aryl methyl sites for hydroxylation is 1. The minimum absolute atomic E-state index is 0.110. The summed E-state index contributed by atoms with van der Waals surface area (Å²) in [6.07, 6.45) is 2.82. The van der Waals surface area contributed by atoms with Crippen molar-refractivity contribution in [1.82, 2.24) is 29.1 Å². The molecule has 1 atom stereocenters. The first-order valence-electron chi connectivity index (χ1n) is 11.8. The molecule has 5 heterocycles. The van der Waals surface area contributed by atoms with Crippen LogP contribution in [0.5, 0.6) is 5.88 Å². The molecule has 0 aliphatic rings. The Labute approximate surface area is 220 Å². The molecule has 0 bridgehead atoms. The maximum absolute atomic E-state index is 14.6. The molecule has 0 fully saturated rings. The van der Waals surface area contributed by atoms with E-state index in [1.165, 1.54) is 37.0 Å². The van der Waals surface area contributed by atoms with E-state index in [1.807, 2.05) is 55.6 Å². The predicted molar refractivity (Wildman–Crippen MR) is 145 cm³/mol. The highest BCUT2D eigenvalue weighted by Crippen LogP contribution is 2.36. The molecule has 0 aliphatic carbocycles. The van der Waals surface area contributed by atoms with E-state index in [1.54, 1.807) is 9.08 Å². The number of anilines is 1. The number of benzene rings is 1. The predicted octanol–water partition coefficient (Wildman–Crippen LogP) is 4.88. The lowest BCUT2D eigenvalue weighted by molar-refractivity contribution is 0.369. The van der Waals surface area contributed by atoms with Gasteiger partial charge in [0, 0.05) is 22.8 Å². The summed E-state index contributed by atoms with van der Waals surface area (Å²) in [4.78, 5) is 27.3. The zero-order valence-corrected chi connectivity index (χ0v) is 21.5. The molecule has 38 heavy (non-hydrogen) atoms. The van der Waals surface area contributed by atoms with Gasteiger partial charge in [0.25, 0.3) is 5.56 Å². The summed E-state index contributed by atoms with van der Waals surface area (Å²) in [7, 11) is 1.35. The summed E-state index contributed by atoms with van der Waals surface area (Å²) in [6.45, 7) is 3.86. The molecule has 1 aromatic carbocycles. The summed E-state index contributed by atoms with van der Waals surface area (Å²) in [5.74, 6) is -0.552. The van der Waals surface area contributed by atoms with E-state index in [0.717, 1.165) is 21.7 Å². The van der Waals surface area contributed by atoms with Gasteiger partial charge in [-0.1, -0.05) is 30.3 Å². The number of rotatable bonds is 5. The maximum Gasteiger partial charge on any atom is 0.264 e. The van der Waals surface area contributed by atoms with Crippen molar-refractivity contribution in [3.63, 3.8) is 0 Å². The van der Waals surface area contributed by atoms with E-state index in [4.69, 9.17) is 15.6 Å². The third kappa shape index (κ3) is 3.62. The molecule has 0 saturated carbocycles. The number of thiazole rings is 1. The monoisotopic (exact) mass is 527 g/mol. The zero-order chi connectivity index (χ0) is 26.6. The Balaban J connectivity index is 1.62. The Morgan fingerprint density at radius 1 is 1.11 bits per heavy atom. The van der Waals surface area contributed by atoms with Gasteiger partial charge in [-0.15, -0.1) is 11.3 Å². The van der Waals surface area contributed by atoms with Crippen LogP contribution < -0.4 is 16.0 Å². The number of halogens is 1. The first-order chi connectivity index (χ1) is 18.4. The van der Waals surface area contributed by atoms with Gasteiger partial charge in [0.15, 0.2) is 11.5 Å². The summed E-state index contributed by atoms with van der Waals surface area (Å²) in [5, 5.41) is 7.25. The van der Waals surface area contributed by atoms with Gasteiger partial charge >= 0.3 is 0 Å². The Morgan fingerprint density at radius 3 is 2.63 bits per heavy atom. The summed E-state index contributed by atoms with van der Waals surface area (Å²) < 4.78 is 23.0. The van der Waals surface area contributed by atoms with Crippen LogP contribution in [0.3, 0.4) is 0 Å². The number of aromatic nitrogens is 6. The summed E-state index contributed by atoms with van der Waals surface area (Å²) >= 11 is 1.50. The Morgan fingerprint density at radius 2 is 1.89 bits per heavy atom. The zero-order valence-electron chi connectivity index (χ0n) is 20.7. The van der Waals surface area contributed by atoms with E-state index >= 15 is 0 Å². The molecule has 5 aromatic heterocycles. The van der Waals surface area contributed by atoms with Gasteiger partial charge in [-0.05, 0) is 37.1 Å². The number of nitrogen functional groups attached to an aromatic ring is 1. The Hall–Kier alpha value is -4.64. The minimum atomic E-state index is -0.630. The molecule has 6 rings (SSSR count). The van der Waals surface area contributed by atoms with Crippen LogP contribution in [0.2, 0.25) is 0 Å². The van der Waals surface area contributed by atoms with Crippen molar-refractivity contribution in [2.24, 2.45) is 0 Å². The van der Waals surface area contributed by atoms with E-state index in [0.29, 0.717) is 27.9 Å². The van der Waals surface area contributed by atoms with E-state index < -0.39 is 11.9 Å². The number of pyridine rings is 2. The molecule has 0 amide bonds. The quantitative estimate of drug-likeness (QED) is 0.340. The van der Waals surface area contributed by atoms with Crippen LogP contribution in [-0.2, 0) is 0 Å². The first-order valence-corrected chi connectivity index (χ1v) is 12.6. The second-order valence-corrected chi connectivity index (χ2v) is 9.73. The largest absolute Gasteiger partial charge is 0.479 e. The van der Waals surface area contributed by atoms with Crippen LogP contribution >= 0.6 is 11.3 Å². The van der Waals surface area contributed by atoms with Crippen LogP contribution in [0.15, 0.2) is 65.2 Å². The molecular weight excluding hydrogens is 505 g/mol. The molecule has 190 valence electrons. The van der Waals surface area contributed by atoms with Crippen molar-refractivity contribution in [3.8, 4) is 28.3 Å². The van der Waals surface area contributed by atoms with Crippen molar-refractivity contribution < 1.29 is 9.13 Å². The lowest BCUT2D eigenvalue weighted by atomic mass is 9.97. The third-order valence-electron chi connectivity index (χ3n) is 6.58. The van der Waals surface area contributed by atoms with Crippen LogP contribution in [-0.4, -0.2) is 36.2 Å². The number of nitrogens with two attached hydrogens (primary N) is 1. The number of ether oxygens (including phenoxy) is 1. The fourth-order valence-corrected chi connectivity index (χ4v) is 5.68. The number of nitrogens with zero attached hydrogens (tertiary/aromatic N) is 6. The molecule has 9 nitrogen and oxygen atoms in total. The van der Waals surface area contributed by atoms with Crippen molar-refractivity contribution in [1.29, 1.82) is 0 Å².